The first-order valence-corrected chi connectivity index (χ1v) is 11.1. The van der Waals surface area contributed by atoms with Crippen LogP contribution in [0, 0.1) is 0 Å². The van der Waals surface area contributed by atoms with E-state index in [-0.39, 0.29) is 5.91 Å². The van der Waals surface area contributed by atoms with Gasteiger partial charge in [-0.2, -0.15) is 0 Å². The first-order chi connectivity index (χ1) is 15.2. The minimum atomic E-state index is 0.159. The highest BCUT2D eigenvalue weighted by Crippen LogP contribution is 2.21. The van der Waals surface area contributed by atoms with Gasteiger partial charge in [-0.25, -0.2) is 4.98 Å². The highest BCUT2D eigenvalue weighted by atomic mass is 16.4. The molecule has 0 N–H and O–H groups in total. The van der Waals surface area contributed by atoms with Crippen molar-refractivity contribution in [1.82, 2.24) is 19.8 Å². The van der Waals surface area contributed by atoms with Crippen molar-refractivity contribution in [3.05, 3.63) is 72.5 Å². The van der Waals surface area contributed by atoms with Crippen LogP contribution in [0.5, 0.6) is 0 Å². The zero-order valence-corrected chi connectivity index (χ0v) is 18.1. The summed E-state index contributed by atoms with van der Waals surface area (Å²) in [6.45, 7) is 3.07. The van der Waals surface area contributed by atoms with Crippen molar-refractivity contribution >= 4 is 5.91 Å². The molecule has 3 aromatic rings. The van der Waals surface area contributed by atoms with Crippen LogP contribution in [0.3, 0.4) is 0 Å². The van der Waals surface area contributed by atoms with Crippen LogP contribution in [-0.4, -0.2) is 58.4 Å². The molecule has 0 atom stereocenters. The van der Waals surface area contributed by atoms with Gasteiger partial charge in [0.25, 0.3) is 0 Å². The highest BCUT2D eigenvalue weighted by Gasteiger charge is 2.25. The summed E-state index contributed by atoms with van der Waals surface area (Å²) in [5, 5.41) is 0. The number of aromatic nitrogens is 2. The second-order valence-corrected chi connectivity index (χ2v) is 8.13. The van der Waals surface area contributed by atoms with E-state index in [0.717, 1.165) is 55.9 Å². The second-order valence-electron chi connectivity index (χ2n) is 8.13. The lowest BCUT2D eigenvalue weighted by atomic mass is 10.0. The molecular formula is C25H30N4O2. The average Bonchev–Trinajstić information content (AvgIpc) is 3.31. The monoisotopic (exact) mass is 418 g/mol. The lowest BCUT2D eigenvalue weighted by Crippen LogP contribution is -2.46. The van der Waals surface area contributed by atoms with Gasteiger partial charge in [0.2, 0.25) is 5.91 Å². The van der Waals surface area contributed by atoms with Crippen molar-refractivity contribution in [1.29, 1.82) is 0 Å². The highest BCUT2D eigenvalue weighted by molar-refractivity contribution is 5.76. The van der Waals surface area contributed by atoms with Gasteiger partial charge in [0, 0.05) is 69.4 Å². The van der Waals surface area contributed by atoms with Crippen molar-refractivity contribution in [2.75, 3.05) is 26.7 Å². The summed E-state index contributed by atoms with van der Waals surface area (Å²) >= 11 is 0. The number of hydrogen-bond donors (Lipinski definition) is 0. The van der Waals surface area contributed by atoms with Gasteiger partial charge < -0.3 is 14.2 Å². The summed E-state index contributed by atoms with van der Waals surface area (Å²) in [6.07, 6.45) is 7.54. The minimum absolute atomic E-state index is 0.159. The summed E-state index contributed by atoms with van der Waals surface area (Å²) in [6, 6.07) is 16.3. The van der Waals surface area contributed by atoms with Crippen molar-refractivity contribution in [3.8, 4) is 11.3 Å². The fourth-order valence-corrected chi connectivity index (χ4v) is 4.10. The largest absolute Gasteiger partial charge is 0.441 e. The Labute approximate surface area is 183 Å². The van der Waals surface area contributed by atoms with E-state index < -0.39 is 0 Å². The number of oxazole rings is 1. The Bertz CT molecular complexity index is 950. The van der Waals surface area contributed by atoms with Crippen LogP contribution < -0.4 is 0 Å². The van der Waals surface area contributed by atoms with E-state index in [9.17, 15) is 4.79 Å². The SMILES string of the molecule is CN(C(=O)CCc1ncc(-c2ccccc2)o1)C1CCN(CCc2ccccn2)CC1. The molecule has 4 rings (SSSR count). The minimum Gasteiger partial charge on any atom is -0.441 e. The lowest BCUT2D eigenvalue weighted by Gasteiger charge is -2.36. The summed E-state index contributed by atoms with van der Waals surface area (Å²) < 4.78 is 5.83. The number of pyridine rings is 1. The molecule has 2 aromatic heterocycles. The fourth-order valence-electron chi connectivity index (χ4n) is 4.10. The molecule has 3 heterocycles. The molecule has 0 spiro atoms. The van der Waals surface area contributed by atoms with Crippen LogP contribution in [0.4, 0.5) is 0 Å². The number of likely N-dealkylation sites (tertiary alicyclic amines) is 1. The molecule has 31 heavy (non-hydrogen) atoms. The average molecular weight is 419 g/mol. The number of piperidine rings is 1. The van der Waals surface area contributed by atoms with E-state index >= 15 is 0 Å². The number of benzene rings is 1. The number of carbonyl (C=O) groups is 1. The molecule has 1 fully saturated rings. The summed E-state index contributed by atoms with van der Waals surface area (Å²) in [7, 11) is 1.93. The van der Waals surface area contributed by atoms with Crippen LogP contribution in [0.1, 0.15) is 30.8 Å². The maximum atomic E-state index is 12.7. The zero-order valence-electron chi connectivity index (χ0n) is 18.1. The molecule has 1 aromatic carbocycles. The Morgan fingerprint density at radius 1 is 1.06 bits per heavy atom. The van der Waals surface area contributed by atoms with Gasteiger partial charge in [-0.15, -0.1) is 0 Å². The third kappa shape index (κ3) is 5.79. The predicted molar refractivity (Wildman–Crippen MR) is 120 cm³/mol. The number of nitrogens with zero attached hydrogens (tertiary/aromatic N) is 4. The molecule has 1 aliphatic rings. The molecule has 0 aliphatic carbocycles. The zero-order chi connectivity index (χ0) is 21.5. The van der Waals surface area contributed by atoms with E-state index in [0.29, 0.717) is 24.8 Å². The van der Waals surface area contributed by atoms with Crippen LogP contribution >= 0.6 is 0 Å². The van der Waals surface area contributed by atoms with Crippen molar-refractivity contribution in [3.63, 3.8) is 0 Å². The van der Waals surface area contributed by atoms with Gasteiger partial charge in [-0.3, -0.25) is 9.78 Å². The van der Waals surface area contributed by atoms with Gasteiger partial charge >= 0.3 is 0 Å². The van der Waals surface area contributed by atoms with Crippen molar-refractivity contribution in [2.24, 2.45) is 0 Å². The Morgan fingerprint density at radius 3 is 2.58 bits per heavy atom. The van der Waals surface area contributed by atoms with E-state index in [1.54, 1.807) is 6.20 Å². The summed E-state index contributed by atoms with van der Waals surface area (Å²) in [5.74, 6) is 1.52. The maximum absolute atomic E-state index is 12.7. The second kappa shape index (κ2) is 10.4. The van der Waals surface area contributed by atoms with Crippen LogP contribution in [0.2, 0.25) is 0 Å². The topological polar surface area (TPSA) is 62.5 Å². The number of amides is 1. The van der Waals surface area contributed by atoms with E-state index in [1.165, 1.54) is 0 Å². The van der Waals surface area contributed by atoms with E-state index in [4.69, 9.17) is 4.42 Å². The van der Waals surface area contributed by atoms with E-state index in [1.807, 2.05) is 60.6 Å². The van der Waals surface area contributed by atoms with Gasteiger partial charge in [-0.1, -0.05) is 36.4 Å². The Balaban J connectivity index is 1.20. The fraction of sp³-hybridized carbons (Fsp3) is 0.400. The molecule has 6 nitrogen and oxygen atoms in total. The molecule has 0 radical (unpaired) electrons. The summed E-state index contributed by atoms with van der Waals surface area (Å²) in [5.41, 5.74) is 2.14. The molecular weight excluding hydrogens is 388 g/mol. The van der Waals surface area contributed by atoms with Gasteiger partial charge in [0.1, 0.15) is 0 Å². The van der Waals surface area contributed by atoms with Crippen LogP contribution in [0.15, 0.2) is 65.3 Å². The first-order valence-electron chi connectivity index (χ1n) is 11.1. The predicted octanol–water partition coefficient (Wildman–Crippen LogP) is 3.83. The lowest BCUT2D eigenvalue weighted by molar-refractivity contribution is -0.132. The molecule has 1 amide bonds. The number of hydrogen-bond acceptors (Lipinski definition) is 5. The maximum Gasteiger partial charge on any atom is 0.223 e. The molecule has 6 heteroatoms. The molecule has 1 aliphatic heterocycles. The van der Waals surface area contributed by atoms with Crippen molar-refractivity contribution < 1.29 is 9.21 Å². The van der Waals surface area contributed by atoms with Crippen LogP contribution in [0.25, 0.3) is 11.3 Å². The number of carbonyl (C=O) groups excluding carboxylic acids is 1. The Kier molecular flexibility index (Phi) is 7.10. The molecule has 162 valence electrons. The molecule has 1 saturated heterocycles. The summed E-state index contributed by atoms with van der Waals surface area (Å²) in [4.78, 5) is 25.9. The van der Waals surface area contributed by atoms with Gasteiger partial charge in [0.05, 0.1) is 6.20 Å². The standard InChI is InChI=1S/C25H30N4O2/c1-28(22-13-17-29(18-14-22)16-12-21-9-5-6-15-26-21)25(30)11-10-24-27-19-23(31-24)20-7-3-2-4-8-20/h2-9,15,19,22H,10-14,16-18H2,1H3. The quantitative estimate of drug-likeness (QED) is 0.556. The Morgan fingerprint density at radius 2 is 1.84 bits per heavy atom. The van der Waals surface area contributed by atoms with Crippen LogP contribution in [-0.2, 0) is 17.6 Å². The van der Waals surface area contributed by atoms with Crippen molar-refractivity contribution in [2.45, 2.75) is 38.1 Å². The normalized spacial score (nSPS) is 15.1. The Hall–Kier alpha value is -2.99. The smallest absolute Gasteiger partial charge is 0.223 e. The third-order valence-electron chi connectivity index (χ3n) is 6.07. The third-order valence-corrected chi connectivity index (χ3v) is 6.07. The van der Waals surface area contributed by atoms with Gasteiger partial charge in [0.15, 0.2) is 11.7 Å². The van der Waals surface area contributed by atoms with E-state index in [2.05, 4.69) is 20.9 Å². The number of aryl methyl sites for hydroxylation is 1. The molecule has 0 bridgehead atoms. The number of rotatable bonds is 8. The van der Waals surface area contributed by atoms with Gasteiger partial charge in [-0.05, 0) is 25.0 Å². The molecule has 0 saturated carbocycles. The molecule has 0 unspecified atom stereocenters. The first kappa shape index (κ1) is 21.2.